The predicted octanol–water partition coefficient (Wildman–Crippen LogP) is 3.10. The number of fused-ring (bicyclic) bond motifs is 1. The van der Waals surface area contributed by atoms with Crippen molar-refractivity contribution in [3.63, 3.8) is 0 Å². The van der Waals surface area contributed by atoms with E-state index in [9.17, 15) is 4.79 Å². The van der Waals surface area contributed by atoms with Crippen LogP contribution in [0, 0.1) is 6.92 Å². The monoisotopic (exact) mass is 381 g/mol. The Morgan fingerprint density at radius 1 is 1.19 bits per heavy atom. The van der Waals surface area contributed by atoms with Crippen LogP contribution in [0.25, 0.3) is 11.0 Å². The molecule has 3 heterocycles. The van der Waals surface area contributed by atoms with E-state index in [1.54, 1.807) is 11.8 Å². The maximum Gasteiger partial charge on any atom is 0.223 e. The molecule has 1 aromatic carbocycles. The third-order valence-corrected chi connectivity index (χ3v) is 5.65. The summed E-state index contributed by atoms with van der Waals surface area (Å²) >= 11 is 1.61. The molecule has 1 saturated heterocycles. The fourth-order valence-corrected chi connectivity index (χ4v) is 4.10. The first-order chi connectivity index (χ1) is 13.2. The molecule has 4 rings (SSSR count). The average molecular weight is 382 g/mol. The molecule has 2 aromatic heterocycles. The summed E-state index contributed by atoms with van der Waals surface area (Å²) in [5, 5.41) is 0.878. The second kappa shape index (κ2) is 8.00. The molecule has 0 bridgehead atoms. The number of nitrogens with zero attached hydrogens (tertiary/aromatic N) is 4. The number of amides is 1. The smallest absolute Gasteiger partial charge is 0.223 e. The van der Waals surface area contributed by atoms with Crippen LogP contribution < -0.4 is 4.90 Å². The van der Waals surface area contributed by atoms with Gasteiger partial charge in [0.2, 0.25) is 5.91 Å². The standard InChI is InChI=1S/C20H23N5OS/c1-15-5-6-16-17(14-15)23-20(22-16)27-13-7-19(26)25-11-9-24(10-12-25)18-4-2-3-8-21-18/h2-6,8,14H,7,9-13H2,1H3,(H,22,23). The minimum absolute atomic E-state index is 0.218. The topological polar surface area (TPSA) is 65.1 Å². The summed E-state index contributed by atoms with van der Waals surface area (Å²) < 4.78 is 0. The molecule has 7 heteroatoms. The van der Waals surface area contributed by atoms with Gasteiger partial charge in [-0.3, -0.25) is 4.79 Å². The molecule has 0 atom stereocenters. The lowest BCUT2D eigenvalue weighted by molar-refractivity contribution is -0.131. The maximum atomic E-state index is 12.5. The number of H-pyrrole nitrogens is 1. The van der Waals surface area contributed by atoms with Crippen LogP contribution in [0.3, 0.4) is 0 Å². The van der Waals surface area contributed by atoms with E-state index >= 15 is 0 Å². The molecule has 0 aliphatic carbocycles. The Kier molecular flexibility index (Phi) is 5.29. The molecule has 0 unspecified atom stereocenters. The first-order valence-electron chi connectivity index (χ1n) is 9.22. The second-order valence-electron chi connectivity index (χ2n) is 6.72. The van der Waals surface area contributed by atoms with Crippen LogP contribution in [0.4, 0.5) is 5.82 Å². The molecule has 27 heavy (non-hydrogen) atoms. The van der Waals surface area contributed by atoms with E-state index in [4.69, 9.17) is 0 Å². The number of thioether (sulfide) groups is 1. The maximum absolute atomic E-state index is 12.5. The van der Waals surface area contributed by atoms with Crippen molar-refractivity contribution in [3.8, 4) is 0 Å². The third kappa shape index (κ3) is 4.24. The third-order valence-electron chi connectivity index (χ3n) is 4.78. The quantitative estimate of drug-likeness (QED) is 0.688. The lowest BCUT2D eigenvalue weighted by Crippen LogP contribution is -2.49. The van der Waals surface area contributed by atoms with Crippen molar-refractivity contribution in [2.24, 2.45) is 0 Å². The predicted molar refractivity (Wildman–Crippen MR) is 109 cm³/mol. The van der Waals surface area contributed by atoms with Gasteiger partial charge in [0.05, 0.1) is 11.0 Å². The van der Waals surface area contributed by atoms with Crippen LogP contribution in [0.5, 0.6) is 0 Å². The Morgan fingerprint density at radius 3 is 2.81 bits per heavy atom. The lowest BCUT2D eigenvalue weighted by atomic mass is 10.2. The Bertz CT molecular complexity index is 919. The zero-order valence-electron chi connectivity index (χ0n) is 15.4. The Balaban J connectivity index is 1.25. The van der Waals surface area contributed by atoms with E-state index in [-0.39, 0.29) is 5.91 Å². The number of carbonyl (C=O) groups excluding carboxylic acids is 1. The van der Waals surface area contributed by atoms with Crippen molar-refractivity contribution < 1.29 is 4.79 Å². The number of hydrogen-bond donors (Lipinski definition) is 1. The van der Waals surface area contributed by atoms with Gasteiger partial charge < -0.3 is 14.8 Å². The van der Waals surface area contributed by atoms with Crippen molar-refractivity contribution in [1.29, 1.82) is 0 Å². The minimum Gasteiger partial charge on any atom is -0.353 e. The van der Waals surface area contributed by atoms with Crippen LogP contribution in [-0.2, 0) is 4.79 Å². The van der Waals surface area contributed by atoms with Crippen LogP contribution in [0.15, 0.2) is 47.8 Å². The van der Waals surface area contributed by atoms with Gasteiger partial charge in [-0.15, -0.1) is 0 Å². The van der Waals surface area contributed by atoms with Crippen LogP contribution >= 0.6 is 11.8 Å². The van der Waals surface area contributed by atoms with Gasteiger partial charge in [-0.1, -0.05) is 23.9 Å². The number of pyridine rings is 1. The number of aromatic nitrogens is 3. The molecule has 1 aliphatic rings. The molecule has 1 fully saturated rings. The molecule has 1 N–H and O–H groups in total. The van der Waals surface area contributed by atoms with E-state index in [1.807, 2.05) is 35.4 Å². The number of aromatic amines is 1. The van der Waals surface area contributed by atoms with Crippen molar-refractivity contribution >= 4 is 34.5 Å². The summed E-state index contributed by atoms with van der Waals surface area (Å²) in [6, 6.07) is 12.1. The molecule has 1 amide bonds. The SMILES string of the molecule is Cc1ccc2nc(SCCC(=O)N3CCN(c4ccccn4)CC3)[nH]c2c1. The largest absolute Gasteiger partial charge is 0.353 e. The molecular formula is C20H23N5OS. The summed E-state index contributed by atoms with van der Waals surface area (Å²) in [5.74, 6) is 1.94. The van der Waals surface area contributed by atoms with Crippen molar-refractivity contribution in [3.05, 3.63) is 48.2 Å². The highest BCUT2D eigenvalue weighted by molar-refractivity contribution is 7.99. The zero-order chi connectivity index (χ0) is 18.6. The van der Waals surface area contributed by atoms with E-state index in [0.29, 0.717) is 6.42 Å². The number of benzene rings is 1. The summed E-state index contributed by atoms with van der Waals surface area (Å²) in [4.78, 5) is 29.0. The van der Waals surface area contributed by atoms with Gasteiger partial charge in [0.1, 0.15) is 5.82 Å². The molecule has 0 spiro atoms. The van der Waals surface area contributed by atoms with Crippen LogP contribution in [0.1, 0.15) is 12.0 Å². The highest BCUT2D eigenvalue weighted by Gasteiger charge is 2.21. The number of anilines is 1. The van der Waals surface area contributed by atoms with Gasteiger partial charge in [-0.2, -0.15) is 0 Å². The fourth-order valence-electron chi connectivity index (χ4n) is 3.29. The highest BCUT2D eigenvalue weighted by atomic mass is 32.2. The van der Waals surface area contributed by atoms with E-state index < -0.39 is 0 Å². The molecular weight excluding hydrogens is 358 g/mol. The van der Waals surface area contributed by atoms with Crippen LogP contribution in [0.2, 0.25) is 0 Å². The number of imidazole rings is 1. The Morgan fingerprint density at radius 2 is 2.04 bits per heavy atom. The van der Waals surface area contributed by atoms with Crippen LogP contribution in [-0.4, -0.2) is 57.7 Å². The second-order valence-corrected chi connectivity index (χ2v) is 7.80. The Hall–Kier alpha value is -2.54. The lowest BCUT2D eigenvalue weighted by Gasteiger charge is -2.35. The molecule has 1 aliphatic heterocycles. The normalized spacial score (nSPS) is 14.7. The molecule has 0 radical (unpaired) electrons. The first-order valence-corrected chi connectivity index (χ1v) is 10.2. The van der Waals surface area contributed by atoms with Gasteiger partial charge in [0, 0.05) is 44.5 Å². The van der Waals surface area contributed by atoms with Gasteiger partial charge in [-0.05, 0) is 36.8 Å². The van der Waals surface area contributed by atoms with Gasteiger partial charge in [-0.25, -0.2) is 9.97 Å². The van der Waals surface area contributed by atoms with Gasteiger partial charge in [0.25, 0.3) is 0 Å². The van der Waals surface area contributed by atoms with E-state index in [2.05, 4.69) is 38.9 Å². The highest BCUT2D eigenvalue weighted by Crippen LogP contribution is 2.21. The number of hydrogen-bond acceptors (Lipinski definition) is 5. The number of piperazine rings is 1. The van der Waals surface area contributed by atoms with E-state index in [0.717, 1.165) is 53.9 Å². The minimum atomic E-state index is 0.218. The average Bonchev–Trinajstić information content (AvgIpc) is 3.10. The van der Waals surface area contributed by atoms with Crippen molar-refractivity contribution in [2.75, 3.05) is 36.8 Å². The molecule has 3 aromatic rings. The fraction of sp³-hybridized carbons (Fsp3) is 0.350. The molecule has 6 nitrogen and oxygen atoms in total. The summed E-state index contributed by atoms with van der Waals surface area (Å²) in [7, 11) is 0. The van der Waals surface area contributed by atoms with Crippen molar-refractivity contribution in [2.45, 2.75) is 18.5 Å². The number of aryl methyl sites for hydroxylation is 1. The number of carbonyl (C=O) groups is 1. The molecule has 140 valence electrons. The first kappa shape index (κ1) is 17.9. The number of rotatable bonds is 5. The zero-order valence-corrected chi connectivity index (χ0v) is 16.2. The summed E-state index contributed by atoms with van der Waals surface area (Å²) in [6.07, 6.45) is 2.34. The summed E-state index contributed by atoms with van der Waals surface area (Å²) in [6.45, 7) is 5.24. The summed E-state index contributed by atoms with van der Waals surface area (Å²) in [5.41, 5.74) is 3.23. The van der Waals surface area contributed by atoms with E-state index in [1.165, 1.54) is 5.56 Å². The van der Waals surface area contributed by atoms with Crippen molar-refractivity contribution in [1.82, 2.24) is 19.9 Å². The van der Waals surface area contributed by atoms with Gasteiger partial charge in [0.15, 0.2) is 5.16 Å². The Labute approximate surface area is 163 Å². The number of nitrogens with one attached hydrogen (secondary N) is 1. The molecule has 0 saturated carbocycles. The van der Waals surface area contributed by atoms with Gasteiger partial charge >= 0.3 is 0 Å².